The van der Waals surface area contributed by atoms with Crippen LogP contribution in [-0.4, -0.2) is 42.5 Å². The molecule has 0 unspecified atom stereocenters. The third-order valence-corrected chi connectivity index (χ3v) is 2.98. The predicted octanol–water partition coefficient (Wildman–Crippen LogP) is 3.30. The van der Waals surface area contributed by atoms with Crippen molar-refractivity contribution in [2.45, 2.75) is 0 Å². The van der Waals surface area contributed by atoms with Gasteiger partial charge in [0.1, 0.15) is 11.5 Å². The molecule has 0 saturated heterocycles. The first kappa shape index (κ1) is 17.8. The maximum Gasteiger partial charge on any atom is 0.444 e. The Morgan fingerprint density at radius 2 is 1.12 bits per heavy atom. The van der Waals surface area contributed by atoms with E-state index in [9.17, 15) is 14.4 Å². The molecule has 3 amide bonds. The van der Waals surface area contributed by atoms with Crippen LogP contribution in [0.25, 0.3) is 0 Å². The van der Waals surface area contributed by atoms with Gasteiger partial charge in [-0.25, -0.2) is 19.4 Å². The fourth-order valence-electron chi connectivity index (χ4n) is 1.80. The highest BCUT2D eigenvalue weighted by molar-refractivity contribution is 5.91. The van der Waals surface area contributed by atoms with Crippen molar-refractivity contribution in [3.8, 4) is 11.5 Å². The zero-order chi connectivity index (χ0) is 18.2. The minimum absolute atomic E-state index is 0.197. The van der Waals surface area contributed by atoms with Crippen molar-refractivity contribution < 1.29 is 28.6 Å². The van der Waals surface area contributed by atoms with Gasteiger partial charge in [-0.2, -0.15) is 0 Å². The molecular weight excluding hydrogens is 328 g/mol. The average molecular weight is 344 g/mol. The average Bonchev–Trinajstić information content (AvgIpc) is 2.62. The number of carbonyl (C=O) groups is 3. The first-order valence-electron chi connectivity index (χ1n) is 7.18. The second-order valence-corrected chi connectivity index (χ2v) is 4.67. The number of nitrogens with zero attached hydrogens (tertiary/aromatic N) is 2. The number of carbonyl (C=O) groups excluding carboxylic acids is 3. The van der Waals surface area contributed by atoms with Crippen molar-refractivity contribution in [1.82, 2.24) is 10.0 Å². The molecular formula is C17H16N2O6. The van der Waals surface area contributed by atoms with Crippen LogP contribution < -0.4 is 9.47 Å². The molecule has 0 radical (unpaired) electrons. The van der Waals surface area contributed by atoms with Crippen LogP contribution in [0.1, 0.15) is 0 Å². The number of imide groups is 1. The zero-order valence-corrected chi connectivity index (χ0v) is 13.6. The summed E-state index contributed by atoms with van der Waals surface area (Å²) in [5.74, 6) is 0.395. The number of hydrazine groups is 1. The largest absolute Gasteiger partial charge is 0.452 e. The van der Waals surface area contributed by atoms with Gasteiger partial charge in [-0.05, 0) is 24.3 Å². The van der Waals surface area contributed by atoms with Gasteiger partial charge in [0.05, 0.1) is 7.11 Å². The van der Waals surface area contributed by atoms with Crippen molar-refractivity contribution in [3.05, 3.63) is 60.7 Å². The quantitative estimate of drug-likeness (QED) is 0.777. The van der Waals surface area contributed by atoms with E-state index >= 15 is 0 Å². The summed E-state index contributed by atoms with van der Waals surface area (Å²) in [5, 5.41) is 1.04. The Hall–Kier alpha value is -3.55. The molecule has 0 aliphatic rings. The van der Waals surface area contributed by atoms with E-state index in [4.69, 9.17) is 9.47 Å². The Kier molecular flexibility index (Phi) is 5.94. The normalized spacial score (nSPS) is 9.68. The molecule has 2 aromatic carbocycles. The fourth-order valence-corrected chi connectivity index (χ4v) is 1.80. The van der Waals surface area contributed by atoms with E-state index in [-0.39, 0.29) is 11.5 Å². The van der Waals surface area contributed by atoms with Crippen LogP contribution in [-0.2, 0) is 4.74 Å². The Bertz CT molecular complexity index is 682. The van der Waals surface area contributed by atoms with Crippen LogP contribution in [0.2, 0.25) is 0 Å². The number of amides is 3. The van der Waals surface area contributed by atoms with E-state index in [0.717, 1.165) is 7.11 Å². The minimum atomic E-state index is -1.12. The van der Waals surface area contributed by atoms with Crippen LogP contribution in [0.3, 0.4) is 0 Å². The SMILES string of the molecule is COC(=O)N(C)N(C(=O)Oc1ccccc1)C(=O)Oc1ccccc1. The molecule has 0 aliphatic carbocycles. The summed E-state index contributed by atoms with van der Waals surface area (Å²) in [6.45, 7) is 0. The lowest BCUT2D eigenvalue weighted by Gasteiger charge is -2.26. The summed E-state index contributed by atoms with van der Waals surface area (Å²) in [5.41, 5.74) is 0. The maximum atomic E-state index is 12.4. The summed E-state index contributed by atoms with van der Waals surface area (Å²) in [4.78, 5) is 36.4. The van der Waals surface area contributed by atoms with Crippen molar-refractivity contribution in [2.75, 3.05) is 14.2 Å². The van der Waals surface area contributed by atoms with Gasteiger partial charge in [-0.15, -0.1) is 5.01 Å². The zero-order valence-electron chi connectivity index (χ0n) is 13.6. The van der Waals surface area contributed by atoms with Gasteiger partial charge in [-0.3, -0.25) is 0 Å². The van der Waals surface area contributed by atoms with Crippen LogP contribution in [0, 0.1) is 0 Å². The highest BCUT2D eigenvalue weighted by Gasteiger charge is 2.33. The van der Waals surface area contributed by atoms with Crippen molar-refractivity contribution in [1.29, 1.82) is 0 Å². The standard InChI is InChI=1S/C17H16N2O6/c1-18(15(20)23-2)19(16(21)24-13-9-5-3-6-10-13)17(22)25-14-11-7-4-8-12-14/h3-12H,1-2H3. The molecule has 0 spiro atoms. The van der Waals surface area contributed by atoms with E-state index in [1.807, 2.05) is 0 Å². The first-order chi connectivity index (χ1) is 12.0. The predicted molar refractivity (Wildman–Crippen MR) is 86.9 cm³/mol. The molecule has 0 saturated carbocycles. The van der Waals surface area contributed by atoms with E-state index in [0.29, 0.717) is 10.0 Å². The van der Waals surface area contributed by atoms with Gasteiger partial charge < -0.3 is 14.2 Å². The summed E-state index contributed by atoms with van der Waals surface area (Å²) in [6.07, 6.45) is -3.20. The Morgan fingerprint density at radius 3 is 1.48 bits per heavy atom. The van der Waals surface area contributed by atoms with Crippen LogP contribution in [0.5, 0.6) is 11.5 Å². The number of methoxy groups -OCH3 is 1. The number of benzene rings is 2. The molecule has 8 heteroatoms. The molecule has 0 aliphatic heterocycles. The number of rotatable bonds is 2. The molecule has 2 aromatic rings. The van der Waals surface area contributed by atoms with Gasteiger partial charge in [0.25, 0.3) is 0 Å². The molecule has 25 heavy (non-hydrogen) atoms. The van der Waals surface area contributed by atoms with E-state index in [1.54, 1.807) is 36.4 Å². The molecule has 0 aromatic heterocycles. The molecule has 0 fully saturated rings. The second-order valence-electron chi connectivity index (χ2n) is 4.67. The lowest BCUT2D eigenvalue weighted by Crippen LogP contribution is -2.53. The Balaban J connectivity index is 2.21. The fraction of sp³-hybridized carbons (Fsp3) is 0.118. The second kappa shape index (κ2) is 8.34. The summed E-state index contributed by atoms with van der Waals surface area (Å²) < 4.78 is 14.7. The van der Waals surface area contributed by atoms with Crippen LogP contribution >= 0.6 is 0 Å². The highest BCUT2D eigenvalue weighted by Crippen LogP contribution is 2.15. The smallest absolute Gasteiger partial charge is 0.444 e. The highest BCUT2D eigenvalue weighted by atomic mass is 16.6. The third-order valence-electron chi connectivity index (χ3n) is 2.98. The maximum absolute atomic E-state index is 12.4. The number of hydrogen-bond donors (Lipinski definition) is 0. The Morgan fingerprint density at radius 1 is 0.720 bits per heavy atom. The lowest BCUT2D eigenvalue weighted by atomic mass is 10.3. The van der Waals surface area contributed by atoms with Crippen LogP contribution in [0.4, 0.5) is 14.4 Å². The van der Waals surface area contributed by atoms with Crippen molar-refractivity contribution >= 4 is 18.3 Å². The van der Waals surface area contributed by atoms with Gasteiger partial charge in [-0.1, -0.05) is 36.4 Å². The number of hydrogen-bond acceptors (Lipinski definition) is 6. The van der Waals surface area contributed by atoms with Crippen LogP contribution in [0.15, 0.2) is 60.7 Å². The lowest BCUT2D eigenvalue weighted by molar-refractivity contribution is 0.0229. The Labute approximate surface area is 144 Å². The van der Waals surface area contributed by atoms with Gasteiger partial charge in [0.15, 0.2) is 0 Å². The van der Waals surface area contributed by atoms with E-state index in [1.165, 1.54) is 31.3 Å². The molecule has 0 atom stereocenters. The molecule has 8 nitrogen and oxygen atoms in total. The monoisotopic (exact) mass is 344 g/mol. The molecule has 0 heterocycles. The van der Waals surface area contributed by atoms with Crippen molar-refractivity contribution in [3.63, 3.8) is 0 Å². The van der Waals surface area contributed by atoms with E-state index in [2.05, 4.69) is 4.74 Å². The third kappa shape index (κ3) is 4.71. The summed E-state index contributed by atoms with van der Waals surface area (Å²) >= 11 is 0. The molecule has 2 rings (SSSR count). The number of ether oxygens (including phenoxy) is 3. The number of para-hydroxylation sites is 2. The molecule has 0 bridgehead atoms. The minimum Gasteiger partial charge on any atom is -0.452 e. The van der Waals surface area contributed by atoms with E-state index < -0.39 is 18.3 Å². The summed E-state index contributed by atoms with van der Waals surface area (Å²) in [7, 11) is 2.28. The summed E-state index contributed by atoms with van der Waals surface area (Å²) in [6, 6.07) is 16.2. The molecule has 0 N–H and O–H groups in total. The topological polar surface area (TPSA) is 85.4 Å². The van der Waals surface area contributed by atoms with Gasteiger partial charge >= 0.3 is 18.3 Å². The first-order valence-corrected chi connectivity index (χ1v) is 7.18. The van der Waals surface area contributed by atoms with Crippen molar-refractivity contribution in [2.24, 2.45) is 0 Å². The molecule has 130 valence electrons. The van der Waals surface area contributed by atoms with Gasteiger partial charge in [0.2, 0.25) is 0 Å². The van der Waals surface area contributed by atoms with Gasteiger partial charge in [0, 0.05) is 7.05 Å².